The molecule has 0 aromatic carbocycles. The molecule has 0 N–H and O–H groups in total. The van der Waals surface area contributed by atoms with E-state index >= 15 is 0 Å². The fraction of sp³-hybridized carbons (Fsp3) is 0.867. The van der Waals surface area contributed by atoms with E-state index in [9.17, 15) is 9.59 Å². The lowest BCUT2D eigenvalue weighted by atomic mass is 10.1. The highest BCUT2D eigenvalue weighted by atomic mass is 16.5. The summed E-state index contributed by atoms with van der Waals surface area (Å²) in [5.74, 6) is -0.119. The molecule has 0 atom stereocenters. The maximum Gasteiger partial charge on any atom is 0.307 e. The summed E-state index contributed by atoms with van der Waals surface area (Å²) in [5, 5.41) is 0. The molecular weight excluding hydrogens is 242 g/mol. The number of nitrogens with zero attached hydrogens (tertiary/aromatic N) is 1. The summed E-state index contributed by atoms with van der Waals surface area (Å²) in [7, 11) is 1.75. The van der Waals surface area contributed by atoms with Crippen LogP contribution in [0.1, 0.15) is 65.7 Å². The van der Waals surface area contributed by atoms with Gasteiger partial charge in [-0.15, -0.1) is 0 Å². The zero-order chi connectivity index (χ0) is 14.7. The van der Waals surface area contributed by atoms with Gasteiger partial charge in [0, 0.05) is 20.0 Å². The highest BCUT2D eigenvalue weighted by Gasteiger charge is 2.11. The molecule has 4 nitrogen and oxygen atoms in total. The lowest BCUT2D eigenvalue weighted by Gasteiger charge is -2.17. The van der Waals surface area contributed by atoms with Crippen molar-refractivity contribution in [3.8, 4) is 0 Å². The first-order chi connectivity index (χ1) is 8.97. The number of carbonyl (C=O) groups excluding carboxylic acids is 2. The van der Waals surface area contributed by atoms with Gasteiger partial charge in [0.15, 0.2) is 0 Å². The summed E-state index contributed by atoms with van der Waals surface area (Å²) in [6.45, 7) is 6.26. The highest BCUT2D eigenvalue weighted by Crippen LogP contribution is 2.06. The third kappa shape index (κ3) is 10.5. The van der Waals surface area contributed by atoms with Crippen molar-refractivity contribution in [3.63, 3.8) is 0 Å². The highest BCUT2D eigenvalue weighted by molar-refractivity contribution is 5.77. The summed E-state index contributed by atoms with van der Waals surface area (Å²) < 4.78 is 5.03. The number of unbranched alkanes of at least 4 members (excludes halogenated alkanes) is 4. The molecule has 1 amide bonds. The molecule has 0 radical (unpaired) electrons. The molecule has 0 saturated carbocycles. The summed E-state index contributed by atoms with van der Waals surface area (Å²) in [4.78, 5) is 24.8. The molecule has 19 heavy (non-hydrogen) atoms. The topological polar surface area (TPSA) is 46.6 Å². The first-order valence-corrected chi connectivity index (χ1v) is 7.40. The van der Waals surface area contributed by atoms with Crippen molar-refractivity contribution >= 4 is 11.9 Å². The summed E-state index contributed by atoms with van der Waals surface area (Å²) >= 11 is 0. The molecule has 0 rings (SSSR count). The predicted molar refractivity (Wildman–Crippen MR) is 76.9 cm³/mol. The first kappa shape index (κ1) is 17.9. The second kappa shape index (κ2) is 10.8. The van der Waals surface area contributed by atoms with Crippen LogP contribution in [-0.4, -0.2) is 36.5 Å². The van der Waals surface area contributed by atoms with Crippen LogP contribution in [0, 0.1) is 0 Å². The van der Waals surface area contributed by atoms with E-state index in [0.717, 1.165) is 12.8 Å². The molecule has 0 spiro atoms. The van der Waals surface area contributed by atoms with Crippen LogP contribution >= 0.6 is 0 Å². The maximum atomic E-state index is 11.8. The third-order valence-corrected chi connectivity index (χ3v) is 2.94. The smallest absolute Gasteiger partial charge is 0.307 e. The van der Waals surface area contributed by atoms with Crippen molar-refractivity contribution in [1.82, 2.24) is 4.90 Å². The molecule has 112 valence electrons. The van der Waals surface area contributed by atoms with E-state index in [1.807, 2.05) is 13.8 Å². The van der Waals surface area contributed by atoms with Crippen molar-refractivity contribution in [2.75, 3.05) is 13.6 Å². The van der Waals surface area contributed by atoms with Crippen LogP contribution in [0.4, 0.5) is 0 Å². The molecule has 0 aromatic heterocycles. The Labute approximate surface area is 117 Å². The quantitative estimate of drug-likeness (QED) is 0.453. The van der Waals surface area contributed by atoms with E-state index in [2.05, 4.69) is 6.92 Å². The van der Waals surface area contributed by atoms with Gasteiger partial charge in [-0.1, -0.05) is 32.6 Å². The van der Waals surface area contributed by atoms with Gasteiger partial charge in [0.1, 0.15) is 0 Å². The molecule has 0 aliphatic carbocycles. The molecule has 0 saturated heterocycles. The van der Waals surface area contributed by atoms with E-state index in [-0.39, 0.29) is 24.4 Å². The van der Waals surface area contributed by atoms with Gasteiger partial charge in [0.25, 0.3) is 0 Å². The van der Waals surface area contributed by atoms with Crippen molar-refractivity contribution in [3.05, 3.63) is 0 Å². The van der Waals surface area contributed by atoms with E-state index in [1.165, 1.54) is 19.3 Å². The average Bonchev–Trinajstić information content (AvgIpc) is 2.34. The lowest BCUT2D eigenvalue weighted by molar-refractivity contribution is -0.148. The normalized spacial score (nSPS) is 10.6. The van der Waals surface area contributed by atoms with Crippen molar-refractivity contribution < 1.29 is 14.3 Å². The molecule has 0 aliphatic heterocycles. The van der Waals surface area contributed by atoms with E-state index in [4.69, 9.17) is 4.74 Å². The fourth-order valence-corrected chi connectivity index (χ4v) is 1.78. The summed E-state index contributed by atoms with van der Waals surface area (Å²) in [6.07, 6.45) is 6.48. The number of ether oxygens (including phenoxy) is 1. The number of amides is 1. The minimum absolute atomic E-state index is 0.0907. The van der Waals surface area contributed by atoms with Crippen LogP contribution in [-0.2, 0) is 14.3 Å². The standard InChI is InChI=1S/C15H29NO3/c1-5-6-7-8-9-10-14(17)16(4)12-11-15(18)19-13(2)3/h13H,5-12H2,1-4H3. The Bertz CT molecular complexity index is 264. The molecule has 0 bridgehead atoms. The molecule has 0 unspecified atom stereocenters. The lowest BCUT2D eigenvalue weighted by Crippen LogP contribution is -2.29. The van der Waals surface area contributed by atoms with Crippen molar-refractivity contribution in [2.24, 2.45) is 0 Å². The first-order valence-electron chi connectivity index (χ1n) is 7.40. The maximum absolute atomic E-state index is 11.8. The Morgan fingerprint density at radius 2 is 1.68 bits per heavy atom. The largest absolute Gasteiger partial charge is 0.463 e. The monoisotopic (exact) mass is 271 g/mol. The van der Waals surface area contributed by atoms with Crippen LogP contribution in [0.5, 0.6) is 0 Å². The molecule has 0 aromatic rings. The van der Waals surface area contributed by atoms with Gasteiger partial charge in [0.2, 0.25) is 5.91 Å². The molecule has 0 heterocycles. The Hall–Kier alpha value is -1.06. The molecule has 4 heteroatoms. The number of hydrogen-bond acceptors (Lipinski definition) is 3. The van der Waals surface area contributed by atoms with Crippen LogP contribution in [0.3, 0.4) is 0 Å². The van der Waals surface area contributed by atoms with E-state index in [1.54, 1.807) is 11.9 Å². The van der Waals surface area contributed by atoms with Gasteiger partial charge >= 0.3 is 5.97 Å². The second-order valence-corrected chi connectivity index (χ2v) is 5.27. The minimum Gasteiger partial charge on any atom is -0.463 e. The van der Waals surface area contributed by atoms with Gasteiger partial charge in [-0.3, -0.25) is 9.59 Å². The number of esters is 1. The van der Waals surface area contributed by atoms with Gasteiger partial charge in [0.05, 0.1) is 12.5 Å². The van der Waals surface area contributed by atoms with Gasteiger partial charge in [-0.2, -0.15) is 0 Å². The van der Waals surface area contributed by atoms with Gasteiger partial charge in [-0.05, 0) is 20.3 Å². The van der Waals surface area contributed by atoms with Gasteiger partial charge in [-0.25, -0.2) is 0 Å². The van der Waals surface area contributed by atoms with Gasteiger partial charge < -0.3 is 9.64 Å². The minimum atomic E-state index is -0.238. The summed E-state index contributed by atoms with van der Waals surface area (Å²) in [6, 6.07) is 0. The van der Waals surface area contributed by atoms with E-state index < -0.39 is 0 Å². The predicted octanol–water partition coefficient (Wildman–Crippen LogP) is 3.15. The molecule has 0 aliphatic rings. The number of carbonyl (C=O) groups is 2. The van der Waals surface area contributed by atoms with Crippen molar-refractivity contribution in [1.29, 1.82) is 0 Å². The Kier molecular flexibility index (Phi) is 10.2. The van der Waals surface area contributed by atoms with Crippen LogP contribution in [0.2, 0.25) is 0 Å². The Morgan fingerprint density at radius 3 is 2.26 bits per heavy atom. The van der Waals surface area contributed by atoms with Crippen molar-refractivity contribution in [2.45, 2.75) is 71.8 Å². The van der Waals surface area contributed by atoms with Crippen LogP contribution in [0.25, 0.3) is 0 Å². The number of hydrogen-bond donors (Lipinski definition) is 0. The zero-order valence-corrected chi connectivity index (χ0v) is 12.9. The molecular formula is C15H29NO3. The Morgan fingerprint density at radius 1 is 1.05 bits per heavy atom. The number of rotatable bonds is 10. The third-order valence-electron chi connectivity index (χ3n) is 2.94. The van der Waals surface area contributed by atoms with Crippen LogP contribution < -0.4 is 0 Å². The SMILES string of the molecule is CCCCCCCC(=O)N(C)CCC(=O)OC(C)C. The summed E-state index contributed by atoms with van der Waals surface area (Å²) in [5.41, 5.74) is 0. The average molecular weight is 271 g/mol. The Balaban J connectivity index is 3.67. The zero-order valence-electron chi connectivity index (χ0n) is 12.9. The second-order valence-electron chi connectivity index (χ2n) is 5.27. The van der Waals surface area contributed by atoms with Crippen LogP contribution in [0.15, 0.2) is 0 Å². The fourth-order valence-electron chi connectivity index (χ4n) is 1.78. The van der Waals surface area contributed by atoms with E-state index in [0.29, 0.717) is 13.0 Å². The molecule has 0 fully saturated rings.